The van der Waals surface area contributed by atoms with Crippen LogP contribution < -0.4 is 5.73 Å². The number of halogens is 6. The highest BCUT2D eigenvalue weighted by Crippen LogP contribution is 2.37. The molecule has 1 aromatic carbocycles. The van der Waals surface area contributed by atoms with Crippen LogP contribution in [0.2, 0.25) is 5.02 Å². The molecule has 1 rings (SSSR count). The Morgan fingerprint density at radius 1 is 1.30 bits per heavy atom. The first-order chi connectivity index (χ1) is 8.96. The zero-order chi connectivity index (χ0) is 15.7. The Hall–Kier alpha value is -1.57. The van der Waals surface area contributed by atoms with Crippen LogP contribution in [-0.2, 0) is 11.3 Å². The Bertz CT molecular complexity index is 518. The number of nitrogens with two attached hydrogens (primary N) is 1. The maximum atomic E-state index is 12.9. The zero-order valence-corrected chi connectivity index (χ0v) is 10.9. The number of carbonyl (C=O) groups excluding carboxylic acids is 1. The lowest BCUT2D eigenvalue weighted by molar-refractivity contribution is -0.274. The van der Waals surface area contributed by atoms with Gasteiger partial charge in [0.2, 0.25) is 0 Å². The number of hydrogen-bond acceptors (Lipinski definition) is 2. The van der Waals surface area contributed by atoms with E-state index in [9.17, 15) is 26.7 Å². The standard InChI is InChI=1S/C11H10ClF5N2O/c1-19(9(20)10(13,14)11(15,16)17)5-6-4-7(18)2-3-8(6)12/h2-4H,5,18H2,1H3. The quantitative estimate of drug-likeness (QED) is 0.688. The van der Waals surface area contributed by atoms with Crippen molar-refractivity contribution in [3.63, 3.8) is 0 Å². The molecule has 112 valence electrons. The van der Waals surface area contributed by atoms with Gasteiger partial charge in [-0.25, -0.2) is 0 Å². The monoisotopic (exact) mass is 316 g/mol. The Labute approximate surface area is 116 Å². The first kappa shape index (κ1) is 16.5. The maximum Gasteiger partial charge on any atom is 0.463 e. The van der Waals surface area contributed by atoms with Gasteiger partial charge in [0, 0.05) is 24.3 Å². The molecule has 0 heterocycles. The van der Waals surface area contributed by atoms with Crippen molar-refractivity contribution < 1.29 is 26.7 Å². The first-order valence-electron chi connectivity index (χ1n) is 5.21. The van der Waals surface area contributed by atoms with Crippen molar-refractivity contribution >= 4 is 23.2 Å². The maximum absolute atomic E-state index is 12.9. The summed E-state index contributed by atoms with van der Waals surface area (Å²) in [7, 11) is 0.821. The molecule has 0 unspecified atom stereocenters. The second-order valence-electron chi connectivity index (χ2n) is 4.08. The van der Waals surface area contributed by atoms with E-state index in [-0.39, 0.29) is 21.2 Å². The number of hydrogen-bond donors (Lipinski definition) is 1. The van der Waals surface area contributed by atoms with E-state index in [1.165, 1.54) is 18.2 Å². The minimum absolute atomic E-state index is 0.106. The molecule has 0 aliphatic heterocycles. The molecular formula is C11H10ClF5N2O. The molecule has 0 aliphatic carbocycles. The second-order valence-corrected chi connectivity index (χ2v) is 4.49. The Balaban J connectivity index is 2.94. The minimum atomic E-state index is -5.95. The van der Waals surface area contributed by atoms with Crippen molar-refractivity contribution in [1.29, 1.82) is 0 Å². The summed E-state index contributed by atoms with van der Waals surface area (Å²) in [6, 6.07) is 4.07. The molecule has 1 amide bonds. The fourth-order valence-corrected chi connectivity index (χ4v) is 1.58. The van der Waals surface area contributed by atoms with Crippen LogP contribution in [0.15, 0.2) is 18.2 Å². The van der Waals surface area contributed by atoms with Crippen LogP contribution in [0.5, 0.6) is 0 Å². The van der Waals surface area contributed by atoms with Gasteiger partial charge in [0.1, 0.15) is 0 Å². The SMILES string of the molecule is CN(Cc1cc(N)ccc1Cl)C(=O)C(F)(F)C(F)(F)F. The third-order valence-electron chi connectivity index (χ3n) is 2.45. The fourth-order valence-electron chi connectivity index (χ4n) is 1.40. The van der Waals surface area contributed by atoms with Crippen LogP contribution in [0.3, 0.4) is 0 Å². The smallest absolute Gasteiger partial charge is 0.399 e. The van der Waals surface area contributed by atoms with Crippen molar-refractivity contribution in [2.75, 3.05) is 12.8 Å². The molecule has 0 atom stereocenters. The van der Waals surface area contributed by atoms with Crippen molar-refractivity contribution in [3.8, 4) is 0 Å². The van der Waals surface area contributed by atoms with Gasteiger partial charge in [0.05, 0.1) is 0 Å². The third kappa shape index (κ3) is 3.30. The molecule has 2 N–H and O–H groups in total. The summed E-state index contributed by atoms with van der Waals surface area (Å²) in [5, 5.41) is 0.106. The lowest BCUT2D eigenvalue weighted by Crippen LogP contribution is -2.50. The van der Waals surface area contributed by atoms with Gasteiger partial charge in [-0.2, -0.15) is 22.0 Å². The molecule has 9 heteroatoms. The molecule has 0 aromatic heterocycles. The van der Waals surface area contributed by atoms with Gasteiger partial charge in [0.15, 0.2) is 0 Å². The number of benzene rings is 1. The van der Waals surface area contributed by atoms with E-state index in [1.807, 2.05) is 0 Å². The van der Waals surface area contributed by atoms with Crippen LogP contribution in [-0.4, -0.2) is 30.0 Å². The largest absolute Gasteiger partial charge is 0.463 e. The van der Waals surface area contributed by atoms with E-state index < -0.39 is 24.6 Å². The number of alkyl halides is 5. The predicted molar refractivity (Wildman–Crippen MR) is 63.3 cm³/mol. The zero-order valence-electron chi connectivity index (χ0n) is 10.1. The van der Waals surface area contributed by atoms with Crippen molar-refractivity contribution in [2.24, 2.45) is 0 Å². The highest BCUT2D eigenvalue weighted by Gasteiger charge is 2.64. The third-order valence-corrected chi connectivity index (χ3v) is 2.82. The van der Waals surface area contributed by atoms with Crippen molar-refractivity contribution in [2.45, 2.75) is 18.6 Å². The van der Waals surface area contributed by atoms with E-state index in [2.05, 4.69) is 0 Å². The van der Waals surface area contributed by atoms with Crippen LogP contribution in [0.1, 0.15) is 5.56 Å². The topological polar surface area (TPSA) is 46.3 Å². The van der Waals surface area contributed by atoms with E-state index in [4.69, 9.17) is 17.3 Å². The number of anilines is 1. The summed E-state index contributed by atoms with van der Waals surface area (Å²) >= 11 is 5.75. The van der Waals surface area contributed by atoms with Gasteiger partial charge >= 0.3 is 18.0 Å². The highest BCUT2D eigenvalue weighted by atomic mass is 35.5. The molecule has 0 fully saturated rings. The van der Waals surface area contributed by atoms with Crippen LogP contribution >= 0.6 is 11.6 Å². The van der Waals surface area contributed by atoms with Crippen LogP contribution in [0, 0.1) is 0 Å². The molecule has 1 aromatic rings. The van der Waals surface area contributed by atoms with Crippen LogP contribution in [0.25, 0.3) is 0 Å². The predicted octanol–water partition coefficient (Wildman–Crippen LogP) is 3.08. The van der Waals surface area contributed by atoms with Crippen molar-refractivity contribution in [3.05, 3.63) is 28.8 Å². The molecular weight excluding hydrogens is 307 g/mol. The van der Waals surface area contributed by atoms with E-state index >= 15 is 0 Å². The van der Waals surface area contributed by atoms with Gasteiger partial charge in [-0.3, -0.25) is 4.79 Å². The number of carbonyl (C=O) groups is 1. The Morgan fingerprint density at radius 2 is 1.85 bits per heavy atom. The summed E-state index contributed by atoms with van der Waals surface area (Å²) in [5.41, 5.74) is 5.85. The number of amides is 1. The number of nitrogens with zero attached hydrogens (tertiary/aromatic N) is 1. The molecule has 0 bridgehead atoms. The fraction of sp³-hybridized carbons (Fsp3) is 0.364. The molecule has 0 aliphatic rings. The molecule has 0 saturated heterocycles. The van der Waals surface area contributed by atoms with Gasteiger partial charge in [-0.15, -0.1) is 0 Å². The van der Waals surface area contributed by atoms with Crippen LogP contribution in [0.4, 0.5) is 27.6 Å². The highest BCUT2D eigenvalue weighted by molar-refractivity contribution is 6.31. The average molecular weight is 317 g/mol. The van der Waals surface area contributed by atoms with Gasteiger partial charge in [0.25, 0.3) is 0 Å². The van der Waals surface area contributed by atoms with Gasteiger partial charge in [-0.05, 0) is 23.8 Å². The lowest BCUT2D eigenvalue weighted by Gasteiger charge is -2.25. The number of rotatable bonds is 3. The summed E-state index contributed by atoms with van der Waals surface area (Å²) in [4.78, 5) is 11.4. The van der Waals surface area contributed by atoms with Crippen molar-refractivity contribution in [1.82, 2.24) is 4.90 Å². The summed E-state index contributed by atoms with van der Waals surface area (Å²) in [5.74, 6) is -7.81. The molecule has 0 saturated carbocycles. The van der Waals surface area contributed by atoms with Gasteiger partial charge in [-0.1, -0.05) is 11.6 Å². The minimum Gasteiger partial charge on any atom is -0.399 e. The number of nitrogen functional groups attached to an aromatic ring is 1. The molecule has 20 heavy (non-hydrogen) atoms. The van der Waals surface area contributed by atoms with E-state index in [1.54, 1.807) is 0 Å². The summed E-state index contributed by atoms with van der Waals surface area (Å²) in [6.45, 7) is -0.519. The second kappa shape index (κ2) is 5.43. The van der Waals surface area contributed by atoms with E-state index in [0.29, 0.717) is 0 Å². The summed E-state index contributed by atoms with van der Waals surface area (Å²) in [6.07, 6.45) is -5.95. The lowest BCUT2D eigenvalue weighted by atomic mass is 10.1. The Morgan fingerprint density at radius 3 is 2.35 bits per heavy atom. The van der Waals surface area contributed by atoms with Gasteiger partial charge < -0.3 is 10.6 Å². The first-order valence-corrected chi connectivity index (χ1v) is 5.58. The molecule has 0 radical (unpaired) electrons. The normalized spacial score (nSPS) is 12.3. The average Bonchev–Trinajstić information content (AvgIpc) is 2.31. The molecule has 0 spiro atoms. The molecule has 3 nitrogen and oxygen atoms in total. The Kier molecular flexibility index (Phi) is 4.48. The van der Waals surface area contributed by atoms with E-state index in [0.717, 1.165) is 7.05 Å². The summed E-state index contributed by atoms with van der Waals surface area (Å²) < 4.78 is 62.0.